The van der Waals surface area contributed by atoms with Crippen LogP contribution in [0.2, 0.25) is 0 Å². The number of hydrogen-bond donors (Lipinski definition) is 1. The molecule has 0 aromatic heterocycles. The Morgan fingerprint density at radius 1 is 1.20 bits per heavy atom. The molecule has 0 fully saturated rings. The van der Waals surface area contributed by atoms with Crippen molar-refractivity contribution in [3.63, 3.8) is 0 Å². The van der Waals surface area contributed by atoms with Gasteiger partial charge in [0.2, 0.25) is 0 Å². The molecule has 0 amide bonds. The number of nitrogens with one attached hydrogen (secondary N) is 1. The van der Waals surface area contributed by atoms with Crippen LogP contribution >= 0.6 is 0 Å². The first kappa shape index (κ1) is 9.96. The van der Waals surface area contributed by atoms with Crippen molar-refractivity contribution in [3.8, 4) is 0 Å². The summed E-state index contributed by atoms with van der Waals surface area (Å²) in [5.41, 5.74) is 0. The molecule has 1 atom stereocenters. The largest absolute Gasteiger partial charge is 0.317 e. The van der Waals surface area contributed by atoms with Gasteiger partial charge in [-0.1, -0.05) is 26.7 Å². The fourth-order valence-corrected chi connectivity index (χ4v) is 1.24. The van der Waals surface area contributed by atoms with Crippen LogP contribution in [-0.2, 0) is 0 Å². The van der Waals surface area contributed by atoms with Crippen molar-refractivity contribution in [1.82, 2.24) is 5.32 Å². The van der Waals surface area contributed by atoms with E-state index in [0.717, 1.165) is 5.92 Å². The molecule has 0 aromatic rings. The molecule has 0 saturated carbocycles. The maximum absolute atomic E-state index is 3.26. The van der Waals surface area contributed by atoms with E-state index in [1.54, 1.807) is 0 Å². The second kappa shape index (κ2) is 5.72. The van der Waals surface area contributed by atoms with Gasteiger partial charge in [-0.25, -0.2) is 0 Å². The SMILES string of the molecule is CCC(CC)CC(C)NC. The van der Waals surface area contributed by atoms with Crippen LogP contribution in [0.1, 0.15) is 40.0 Å². The molecule has 1 heteroatoms. The maximum atomic E-state index is 3.26. The second-order valence-corrected chi connectivity index (χ2v) is 3.11. The lowest BCUT2D eigenvalue weighted by Crippen LogP contribution is -2.23. The van der Waals surface area contributed by atoms with Gasteiger partial charge in [0.1, 0.15) is 0 Å². The fourth-order valence-electron chi connectivity index (χ4n) is 1.24. The third-order valence-corrected chi connectivity index (χ3v) is 2.33. The molecule has 0 aliphatic rings. The van der Waals surface area contributed by atoms with Gasteiger partial charge >= 0.3 is 0 Å². The topological polar surface area (TPSA) is 12.0 Å². The Balaban J connectivity index is 3.41. The summed E-state index contributed by atoms with van der Waals surface area (Å²) in [7, 11) is 2.03. The lowest BCUT2D eigenvalue weighted by atomic mass is 9.96. The summed E-state index contributed by atoms with van der Waals surface area (Å²) in [5.74, 6) is 0.919. The Morgan fingerprint density at radius 3 is 2.00 bits per heavy atom. The van der Waals surface area contributed by atoms with E-state index in [-0.39, 0.29) is 0 Å². The van der Waals surface area contributed by atoms with Crippen LogP contribution in [0.5, 0.6) is 0 Å². The zero-order valence-electron chi connectivity index (χ0n) is 7.78. The molecule has 0 saturated heterocycles. The molecule has 1 nitrogen and oxygen atoms in total. The molecular weight excluding hydrogens is 122 g/mol. The summed E-state index contributed by atoms with van der Waals surface area (Å²) in [6.07, 6.45) is 3.97. The number of rotatable bonds is 5. The zero-order chi connectivity index (χ0) is 7.98. The molecule has 10 heavy (non-hydrogen) atoms. The highest BCUT2D eigenvalue weighted by atomic mass is 14.8. The van der Waals surface area contributed by atoms with Gasteiger partial charge in [0.15, 0.2) is 0 Å². The van der Waals surface area contributed by atoms with Gasteiger partial charge in [0.05, 0.1) is 0 Å². The molecule has 0 aromatic carbocycles. The highest BCUT2D eigenvalue weighted by Crippen LogP contribution is 2.13. The first-order chi connectivity index (χ1) is 4.74. The maximum Gasteiger partial charge on any atom is 0.00383 e. The van der Waals surface area contributed by atoms with Gasteiger partial charge in [-0.05, 0) is 26.3 Å². The van der Waals surface area contributed by atoms with Gasteiger partial charge < -0.3 is 5.32 Å². The molecule has 0 heterocycles. The van der Waals surface area contributed by atoms with Crippen LogP contribution in [0.15, 0.2) is 0 Å². The van der Waals surface area contributed by atoms with Gasteiger partial charge in [-0.3, -0.25) is 0 Å². The fraction of sp³-hybridized carbons (Fsp3) is 1.00. The summed E-state index contributed by atoms with van der Waals surface area (Å²) in [6, 6.07) is 0.685. The molecule has 0 rings (SSSR count). The van der Waals surface area contributed by atoms with E-state index in [2.05, 4.69) is 26.1 Å². The van der Waals surface area contributed by atoms with Crippen molar-refractivity contribution in [2.45, 2.75) is 46.1 Å². The molecule has 0 spiro atoms. The standard InChI is InChI=1S/C9H21N/c1-5-9(6-2)7-8(3)10-4/h8-10H,5-7H2,1-4H3. The smallest absolute Gasteiger partial charge is 0.00383 e. The zero-order valence-corrected chi connectivity index (χ0v) is 7.78. The monoisotopic (exact) mass is 143 g/mol. The average Bonchev–Trinajstić information content (AvgIpc) is 1.99. The molecule has 1 N–H and O–H groups in total. The lowest BCUT2D eigenvalue weighted by molar-refractivity contribution is 0.394. The summed E-state index contributed by atoms with van der Waals surface area (Å²) in [4.78, 5) is 0. The van der Waals surface area contributed by atoms with Crippen LogP contribution in [0.4, 0.5) is 0 Å². The highest BCUT2D eigenvalue weighted by Gasteiger charge is 2.06. The van der Waals surface area contributed by atoms with Crippen molar-refractivity contribution in [1.29, 1.82) is 0 Å². The number of hydrogen-bond acceptors (Lipinski definition) is 1. The van der Waals surface area contributed by atoms with Crippen LogP contribution in [0.3, 0.4) is 0 Å². The summed E-state index contributed by atoms with van der Waals surface area (Å²) in [6.45, 7) is 6.80. The van der Waals surface area contributed by atoms with Crippen molar-refractivity contribution < 1.29 is 0 Å². The Morgan fingerprint density at radius 2 is 1.70 bits per heavy atom. The first-order valence-electron chi connectivity index (χ1n) is 4.41. The van der Waals surface area contributed by atoms with E-state index in [4.69, 9.17) is 0 Å². The van der Waals surface area contributed by atoms with E-state index < -0.39 is 0 Å². The minimum atomic E-state index is 0.685. The molecule has 62 valence electrons. The van der Waals surface area contributed by atoms with E-state index in [1.807, 2.05) is 7.05 Å². The third kappa shape index (κ3) is 3.89. The minimum Gasteiger partial charge on any atom is -0.317 e. The summed E-state index contributed by atoms with van der Waals surface area (Å²) >= 11 is 0. The second-order valence-electron chi connectivity index (χ2n) is 3.11. The van der Waals surface area contributed by atoms with E-state index in [9.17, 15) is 0 Å². The van der Waals surface area contributed by atoms with Crippen molar-refractivity contribution in [2.75, 3.05) is 7.05 Å². The first-order valence-corrected chi connectivity index (χ1v) is 4.41. The van der Waals surface area contributed by atoms with Crippen molar-refractivity contribution >= 4 is 0 Å². The van der Waals surface area contributed by atoms with Crippen LogP contribution in [0.25, 0.3) is 0 Å². The Bertz CT molecular complexity index is 67.1. The molecule has 0 aliphatic carbocycles. The Kier molecular flexibility index (Phi) is 5.70. The Hall–Kier alpha value is -0.0400. The molecule has 0 bridgehead atoms. The van der Waals surface area contributed by atoms with Crippen LogP contribution in [-0.4, -0.2) is 13.1 Å². The van der Waals surface area contributed by atoms with Gasteiger partial charge in [0, 0.05) is 6.04 Å². The van der Waals surface area contributed by atoms with Gasteiger partial charge in [0.25, 0.3) is 0 Å². The van der Waals surface area contributed by atoms with E-state index in [0.29, 0.717) is 6.04 Å². The molecule has 0 radical (unpaired) electrons. The molecule has 0 aliphatic heterocycles. The van der Waals surface area contributed by atoms with E-state index in [1.165, 1.54) is 19.3 Å². The molecular formula is C9H21N. The normalized spacial score (nSPS) is 14.1. The lowest BCUT2D eigenvalue weighted by Gasteiger charge is -2.17. The third-order valence-electron chi connectivity index (χ3n) is 2.33. The van der Waals surface area contributed by atoms with E-state index >= 15 is 0 Å². The van der Waals surface area contributed by atoms with Crippen molar-refractivity contribution in [3.05, 3.63) is 0 Å². The quantitative estimate of drug-likeness (QED) is 0.623. The highest BCUT2D eigenvalue weighted by molar-refractivity contribution is 4.63. The average molecular weight is 143 g/mol. The Labute approximate surface area is 65.2 Å². The van der Waals surface area contributed by atoms with Crippen LogP contribution in [0, 0.1) is 5.92 Å². The summed E-state index contributed by atoms with van der Waals surface area (Å²) < 4.78 is 0. The van der Waals surface area contributed by atoms with Crippen LogP contribution < -0.4 is 5.32 Å². The predicted molar refractivity (Wildman–Crippen MR) is 47.2 cm³/mol. The minimum absolute atomic E-state index is 0.685. The summed E-state index contributed by atoms with van der Waals surface area (Å²) in [5, 5.41) is 3.26. The predicted octanol–water partition coefficient (Wildman–Crippen LogP) is 2.42. The van der Waals surface area contributed by atoms with Crippen molar-refractivity contribution in [2.24, 2.45) is 5.92 Å². The van der Waals surface area contributed by atoms with Gasteiger partial charge in [-0.15, -0.1) is 0 Å². The molecule has 1 unspecified atom stereocenters. The van der Waals surface area contributed by atoms with Gasteiger partial charge in [-0.2, -0.15) is 0 Å².